The third-order valence-electron chi connectivity index (χ3n) is 5.15. The second-order valence-corrected chi connectivity index (χ2v) is 6.91. The summed E-state index contributed by atoms with van der Waals surface area (Å²) >= 11 is 0. The molecule has 0 bridgehead atoms. The number of aromatic amines is 1. The van der Waals surface area contributed by atoms with E-state index in [1.165, 1.54) is 33.0 Å². The van der Waals surface area contributed by atoms with Crippen molar-refractivity contribution in [3.8, 4) is 5.75 Å². The summed E-state index contributed by atoms with van der Waals surface area (Å²) in [5.41, 5.74) is 1.72. The number of benzene rings is 1. The number of rotatable bonds is 8. The summed E-state index contributed by atoms with van der Waals surface area (Å²) in [4.78, 5) is 17.4. The molecule has 0 aliphatic carbocycles. The van der Waals surface area contributed by atoms with E-state index in [1.54, 1.807) is 6.20 Å². The van der Waals surface area contributed by atoms with Gasteiger partial charge in [-0.2, -0.15) is 0 Å². The van der Waals surface area contributed by atoms with E-state index in [9.17, 15) is 4.79 Å². The molecule has 142 valence electrons. The van der Waals surface area contributed by atoms with Crippen molar-refractivity contribution in [1.82, 2.24) is 9.88 Å². The molecule has 6 nitrogen and oxygen atoms in total. The lowest BCUT2D eigenvalue weighted by Gasteiger charge is -2.30. The highest BCUT2D eigenvalue weighted by atomic mass is 16.5. The van der Waals surface area contributed by atoms with E-state index in [2.05, 4.69) is 22.1 Å². The maximum Gasteiger partial charge on any atom is 0.250 e. The normalized spacial score (nSPS) is 16.1. The lowest BCUT2D eigenvalue weighted by molar-refractivity contribution is -0.119. The predicted octanol–water partition coefficient (Wildman–Crippen LogP) is 3.25. The minimum atomic E-state index is -0.168. The minimum Gasteiger partial charge on any atom is -0.494 e. The number of likely N-dealkylation sites (tertiary alicyclic amines) is 1. The zero-order chi connectivity index (χ0) is 18.4. The lowest BCUT2D eigenvalue weighted by atomic mass is 9.94. The minimum absolute atomic E-state index is 0.0414. The van der Waals surface area contributed by atoms with Crippen molar-refractivity contribution in [2.24, 2.45) is 5.92 Å². The van der Waals surface area contributed by atoms with Crippen molar-refractivity contribution >= 4 is 22.5 Å². The number of carbonyl (C=O) groups excluding carboxylic acids is 1. The molecule has 0 unspecified atom stereocenters. The molecule has 0 radical (unpaired) electrons. The van der Waals surface area contributed by atoms with E-state index in [0.29, 0.717) is 0 Å². The van der Waals surface area contributed by atoms with Crippen LogP contribution < -0.4 is 10.1 Å². The van der Waals surface area contributed by atoms with Gasteiger partial charge in [0, 0.05) is 24.2 Å². The van der Waals surface area contributed by atoms with Crippen LogP contribution in [-0.4, -0.2) is 55.7 Å². The summed E-state index contributed by atoms with van der Waals surface area (Å²) < 4.78 is 10.8. The number of carbonyl (C=O) groups is 1. The average Bonchev–Trinajstić information content (AvgIpc) is 3.05. The summed E-state index contributed by atoms with van der Waals surface area (Å²) in [7, 11) is 1.51. The highest BCUT2D eigenvalue weighted by Crippen LogP contribution is 2.28. The molecule has 0 atom stereocenters. The Bertz CT molecular complexity index is 720. The van der Waals surface area contributed by atoms with Gasteiger partial charge in [-0.05, 0) is 63.0 Å². The number of nitrogens with zero attached hydrogens (tertiary/aromatic N) is 1. The zero-order valence-electron chi connectivity index (χ0n) is 15.7. The van der Waals surface area contributed by atoms with E-state index in [-0.39, 0.29) is 12.5 Å². The Labute approximate surface area is 154 Å². The van der Waals surface area contributed by atoms with Gasteiger partial charge < -0.3 is 24.7 Å². The van der Waals surface area contributed by atoms with Crippen LogP contribution in [0.1, 0.15) is 26.2 Å². The molecule has 0 saturated carbocycles. The van der Waals surface area contributed by atoms with Crippen molar-refractivity contribution in [2.75, 3.05) is 45.3 Å². The lowest BCUT2D eigenvalue weighted by Crippen LogP contribution is -2.33. The number of fused-ring (bicyclic) bond motifs is 1. The van der Waals surface area contributed by atoms with Crippen molar-refractivity contribution in [1.29, 1.82) is 0 Å². The van der Waals surface area contributed by atoms with Crippen LogP contribution in [0.15, 0.2) is 24.4 Å². The number of ether oxygens (including phenoxy) is 2. The van der Waals surface area contributed by atoms with E-state index in [1.807, 2.05) is 18.2 Å². The maximum atomic E-state index is 11.7. The quantitative estimate of drug-likeness (QED) is 0.759. The predicted molar refractivity (Wildman–Crippen MR) is 104 cm³/mol. The molecule has 26 heavy (non-hydrogen) atoms. The van der Waals surface area contributed by atoms with Crippen LogP contribution in [0.4, 0.5) is 5.69 Å². The second-order valence-electron chi connectivity index (χ2n) is 6.91. The SMILES string of the molecule is CCN1CCC(CCOc2ccc3[nH]cc(NC(=O)COC)c3c2)CC1. The third-order valence-corrected chi connectivity index (χ3v) is 5.15. The number of nitrogens with one attached hydrogen (secondary N) is 2. The van der Waals surface area contributed by atoms with Crippen LogP contribution in [0.5, 0.6) is 5.75 Å². The van der Waals surface area contributed by atoms with Gasteiger partial charge >= 0.3 is 0 Å². The number of amides is 1. The highest BCUT2D eigenvalue weighted by Gasteiger charge is 2.18. The van der Waals surface area contributed by atoms with Gasteiger partial charge in [0.05, 0.1) is 12.3 Å². The van der Waals surface area contributed by atoms with Gasteiger partial charge in [0.15, 0.2) is 0 Å². The van der Waals surface area contributed by atoms with E-state index in [0.717, 1.165) is 47.8 Å². The molecule has 2 heterocycles. The van der Waals surface area contributed by atoms with E-state index >= 15 is 0 Å². The van der Waals surface area contributed by atoms with Crippen LogP contribution in [0.25, 0.3) is 10.9 Å². The first kappa shape index (κ1) is 18.7. The number of hydrogen-bond donors (Lipinski definition) is 2. The molecule has 1 saturated heterocycles. The highest BCUT2D eigenvalue weighted by molar-refractivity contribution is 6.02. The number of anilines is 1. The molecule has 1 aromatic carbocycles. The summed E-state index contributed by atoms with van der Waals surface area (Å²) in [6.45, 7) is 6.58. The van der Waals surface area contributed by atoms with Gasteiger partial charge in [0.1, 0.15) is 12.4 Å². The van der Waals surface area contributed by atoms with Crippen LogP contribution in [0, 0.1) is 5.92 Å². The summed E-state index contributed by atoms with van der Waals surface area (Å²) in [6, 6.07) is 5.93. The van der Waals surface area contributed by atoms with Crippen LogP contribution in [0.3, 0.4) is 0 Å². The fraction of sp³-hybridized carbons (Fsp3) is 0.550. The number of aromatic nitrogens is 1. The summed E-state index contributed by atoms with van der Waals surface area (Å²) in [6.07, 6.45) is 5.43. The Hall–Kier alpha value is -2.05. The number of H-pyrrole nitrogens is 1. The van der Waals surface area contributed by atoms with E-state index < -0.39 is 0 Å². The van der Waals surface area contributed by atoms with E-state index in [4.69, 9.17) is 9.47 Å². The monoisotopic (exact) mass is 359 g/mol. The molecule has 3 rings (SSSR count). The van der Waals surface area contributed by atoms with Crippen LogP contribution in [-0.2, 0) is 9.53 Å². The maximum absolute atomic E-state index is 11.7. The number of methoxy groups -OCH3 is 1. The zero-order valence-corrected chi connectivity index (χ0v) is 15.7. The molecule has 2 N–H and O–H groups in total. The fourth-order valence-corrected chi connectivity index (χ4v) is 3.55. The molecule has 1 aromatic heterocycles. The molecular formula is C20H29N3O3. The fourth-order valence-electron chi connectivity index (χ4n) is 3.55. The Morgan fingerprint density at radius 1 is 1.35 bits per heavy atom. The molecule has 1 aliphatic rings. The second kappa shape index (κ2) is 9.05. The smallest absolute Gasteiger partial charge is 0.250 e. The van der Waals surface area contributed by atoms with Gasteiger partial charge in [-0.25, -0.2) is 0 Å². The summed E-state index contributed by atoms with van der Waals surface area (Å²) in [5.74, 6) is 1.43. The first-order chi connectivity index (χ1) is 12.7. The summed E-state index contributed by atoms with van der Waals surface area (Å²) in [5, 5.41) is 3.80. The van der Waals surface area contributed by atoms with Crippen LogP contribution in [0.2, 0.25) is 0 Å². The third kappa shape index (κ3) is 4.77. The largest absolute Gasteiger partial charge is 0.494 e. The van der Waals surface area contributed by atoms with Gasteiger partial charge in [-0.1, -0.05) is 6.92 Å². The molecular weight excluding hydrogens is 330 g/mol. The van der Waals surface area contributed by atoms with Crippen molar-refractivity contribution in [3.05, 3.63) is 24.4 Å². The standard InChI is InChI=1S/C20H29N3O3/c1-3-23-9-6-15(7-10-23)8-11-26-16-4-5-18-17(12-16)19(13-21-18)22-20(24)14-25-2/h4-5,12-13,15,21H,3,6-11,14H2,1-2H3,(H,22,24). The van der Waals surface area contributed by atoms with Gasteiger partial charge in [0.25, 0.3) is 0 Å². The Kier molecular flexibility index (Phi) is 6.52. The first-order valence-corrected chi connectivity index (χ1v) is 9.44. The van der Waals surface area contributed by atoms with Crippen molar-refractivity contribution in [2.45, 2.75) is 26.2 Å². The van der Waals surface area contributed by atoms with Gasteiger partial charge in [0.2, 0.25) is 5.91 Å². The molecule has 0 spiro atoms. The molecule has 1 aliphatic heterocycles. The van der Waals surface area contributed by atoms with Crippen molar-refractivity contribution < 1.29 is 14.3 Å². The van der Waals surface area contributed by atoms with Crippen LogP contribution >= 0.6 is 0 Å². The molecule has 2 aromatic rings. The number of piperidine rings is 1. The Morgan fingerprint density at radius 2 is 2.15 bits per heavy atom. The topological polar surface area (TPSA) is 66.6 Å². The molecule has 1 fully saturated rings. The molecule has 1 amide bonds. The van der Waals surface area contributed by atoms with Gasteiger partial charge in [-0.3, -0.25) is 4.79 Å². The Balaban J connectivity index is 1.54. The van der Waals surface area contributed by atoms with Crippen molar-refractivity contribution in [3.63, 3.8) is 0 Å². The molecule has 6 heteroatoms. The number of hydrogen-bond acceptors (Lipinski definition) is 4. The van der Waals surface area contributed by atoms with Gasteiger partial charge in [-0.15, -0.1) is 0 Å². The average molecular weight is 359 g/mol. The first-order valence-electron chi connectivity index (χ1n) is 9.44. The Morgan fingerprint density at radius 3 is 2.88 bits per heavy atom.